The van der Waals surface area contributed by atoms with Crippen LogP contribution in [-0.4, -0.2) is 73.3 Å². The van der Waals surface area contributed by atoms with Crippen LogP contribution in [0.2, 0.25) is 0 Å². The summed E-state index contributed by atoms with van der Waals surface area (Å²) in [6.45, 7) is 5.98. The topological polar surface area (TPSA) is 81.1 Å². The summed E-state index contributed by atoms with van der Waals surface area (Å²) in [6, 6.07) is 7.24. The Morgan fingerprint density at radius 2 is 1.88 bits per heavy atom. The van der Waals surface area contributed by atoms with Crippen molar-refractivity contribution < 1.29 is 22.7 Å². The largest absolute Gasteiger partial charge is 0.348 e. The molecule has 3 aliphatic heterocycles. The molecule has 0 aliphatic carbocycles. The number of aryl methyl sites for hydroxylation is 1. The Morgan fingerprint density at radius 3 is 2.59 bits per heavy atom. The van der Waals surface area contributed by atoms with Gasteiger partial charge in [-0.05, 0) is 44.0 Å². The molecule has 0 unspecified atom stereocenters. The molecule has 9 heteroatoms. The van der Waals surface area contributed by atoms with Gasteiger partial charge in [-0.1, -0.05) is 0 Å². The number of rotatable bonds is 4. The van der Waals surface area contributed by atoms with Crippen LogP contribution in [0.1, 0.15) is 32.6 Å². The minimum atomic E-state index is -3.65. The van der Waals surface area contributed by atoms with Crippen molar-refractivity contribution in [1.29, 1.82) is 0 Å². The maximum absolute atomic E-state index is 13.4. The van der Waals surface area contributed by atoms with Gasteiger partial charge in [0.15, 0.2) is 5.79 Å². The van der Waals surface area contributed by atoms with Crippen molar-refractivity contribution in [3.8, 4) is 0 Å². The number of hydrogen-bond donors (Lipinski definition) is 0. The summed E-state index contributed by atoms with van der Waals surface area (Å²) >= 11 is 0. The Bertz CT molecular complexity index is 1100. The van der Waals surface area contributed by atoms with Gasteiger partial charge < -0.3 is 18.9 Å². The lowest BCUT2D eigenvalue weighted by atomic mass is 9.96. The van der Waals surface area contributed by atoms with Gasteiger partial charge in [0.05, 0.1) is 24.0 Å². The van der Waals surface area contributed by atoms with Crippen molar-refractivity contribution in [3.05, 3.63) is 30.5 Å². The Morgan fingerprint density at radius 1 is 1.12 bits per heavy atom. The van der Waals surface area contributed by atoms with Crippen LogP contribution >= 0.6 is 0 Å². The summed E-state index contributed by atoms with van der Waals surface area (Å²) in [4.78, 5) is 15.3. The van der Waals surface area contributed by atoms with Gasteiger partial charge in [0, 0.05) is 62.7 Å². The molecule has 4 heterocycles. The molecule has 1 atom stereocenters. The Labute approximate surface area is 189 Å². The summed E-state index contributed by atoms with van der Waals surface area (Å²) in [5.74, 6) is -0.773. The number of nitrogens with zero attached hydrogens (tertiary/aromatic N) is 3. The molecule has 1 aromatic carbocycles. The molecule has 1 aromatic heterocycles. The maximum Gasteiger partial charge on any atom is 0.243 e. The number of ether oxygens (including phenoxy) is 2. The Balaban J connectivity index is 1.28. The molecule has 3 aliphatic rings. The Hall–Kier alpha value is -1.94. The van der Waals surface area contributed by atoms with Crippen molar-refractivity contribution >= 4 is 26.8 Å². The van der Waals surface area contributed by atoms with Crippen LogP contribution in [0.15, 0.2) is 35.4 Å². The van der Waals surface area contributed by atoms with Gasteiger partial charge in [-0.3, -0.25) is 4.79 Å². The summed E-state index contributed by atoms with van der Waals surface area (Å²) in [5, 5.41) is 0.913. The second-order valence-electron chi connectivity index (χ2n) is 8.96. The molecule has 0 saturated carbocycles. The molecule has 3 fully saturated rings. The number of amides is 1. The fourth-order valence-electron chi connectivity index (χ4n) is 5.24. The van der Waals surface area contributed by atoms with Gasteiger partial charge >= 0.3 is 0 Å². The molecule has 2 aromatic rings. The van der Waals surface area contributed by atoms with Crippen LogP contribution in [0.3, 0.4) is 0 Å². The minimum Gasteiger partial charge on any atom is -0.348 e. The lowest BCUT2D eigenvalue weighted by Crippen LogP contribution is -2.51. The van der Waals surface area contributed by atoms with Gasteiger partial charge in [-0.2, -0.15) is 4.31 Å². The van der Waals surface area contributed by atoms with Crippen LogP contribution < -0.4 is 0 Å². The smallest absolute Gasteiger partial charge is 0.243 e. The van der Waals surface area contributed by atoms with Crippen molar-refractivity contribution in [1.82, 2.24) is 13.8 Å². The fourth-order valence-corrected chi connectivity index (χ4v) is 6.80. The van der Waals surface area contributed by atoms with E-state index in [0.717, 1.165) is 23.9 Å². The molecule has 0 radical (unpaired) electrons. The maximum atomic E-state index is 13.4. The molecule has 5 rings (SSSR count). The van der Waals surface area contributed by atoms with E-state index in [1.165, 1.54) is 4.31 Å². The summed E-state index contributed by atoms with van der Waals surface area (Å²) < 4.78 is 41.9. The lowest BCUT2D eigenvalue weighted by molar-refractivity contribution is -0.188. The average Bonchev–Trinajstić information content (AvgIpc) is 3.45. The standard InChI is InChI=1S/C23H31N3O5S/c1-2-24-11-7-18-16-20(5-6-21(18)24)32(28,29)26-10-3-4-19(17-26)22(27)25-12-8-23(9-13-25)30-14-15-31-23/h5-7,11,16,19H,2-4,8-10,12-15,17H2,1H3/t19-/m1/s1. The molecule has 174 valence electrons. The van der Waals surface area contributed by atoms with Crippen LogP contribution in [0.4, 0.5) is 0 Å². The predicted octanol–water partition coefficient (Wildman–Crippen LogP) is 2.43. The number of hydrogen-bond acceptors (Lipinski definition) is 5. The fraction of sp³-hybridized carbons (Fsp3) is 0.609. The molecule has 1 amide bonds. The van der Waals surface area contributed by atoms with E-state index < -0.39 is 15.8 Å². The first-order valence-electron chi connectivity index (χ1n) is 11.6. The second kappa shape index (κ2) is 8.44. The van der Waals surface area contributed by atoms with Crippen molar-refractivity contribution in [2.45, 2.75) is 49.8 Å². The number of aromatic nitrogens is 1. The van der Waals surface area contributed by atoms with Gasteiger partial charge in [0.1, 0.15) is 0 Å². The van der Waals surface area contributed by atoms with E-state index >= 15 is 0 Å². The van der Waals surface area contributed by atoms with Gasteiger partial charge in [-0.15, -0.1) is 0 Å². The van der Waals surface area contributed by atoms with Gasteiger partial charge in [-0.25, -0.2) is 8.42 Å². The second-order valence-corrected chi connectivity index (χ2v) is 10.9. The first kappa shape index (κ1) is 21.9. The number of carbonyl (C=O) groups is 1. The molecule has 32 heavy (non-hydrogen) atoms. The van der Waals surface area contributed by atoms with Crippen molar-refractivity contribution in [2.75, 3.05) is 39.4 Å². The van der Waals surface area contributed by atoms with Crippen LogP contribution in [0, 0.1) is 5.92 Å². The molecule has 8 nitrogen and oxygen atoms in total. The van der Waals surface area contributed by atoms with Crippen LogP contribution in [-0.2, 0) is 30.8 Å². The third-order valence-electron chi connectivity index (χ3n) is 7.10. The molecular formula is C23H31N3O5S. The van der Waals surface area contributed by atoms with Crippen molar-refractivity contribution in [2.24, 2.45) is 5.92 Å². The average molecular weight is 462 g/mol. The number of piperidine rings is 2. The molecule has 3 saturated heterocycles. The first-order valence-corrected chi connectivity index (χ1v) is 13.0. The SMILES string of the molecule is CCn1ccc2cc(S(=O)(=O)N3CCC[C@@H](C(=O)N4CCC5(CC4)OCCO5)C3)ccc21. The highest BCUT2D eigenvalue weighted by Crippen LogP contribution is 2.33. The zero-order chi connectivity index (χ0) is 22.3. The molecular weight excluding hydrogens is 430 g/mol. The van der Waals surface area contributed by atoms with Crippen molar-refractivity contribution in [3.63, 3.8) is 0 Å². The normalized spacial score (nSPS) is 24.4. The van der Waals surface area contributed by atoms with Crippen LogP contribution in [0.5, 0.6) is 0 Å². The molecule has 0 bridgehead atoms. The Kier molecular flexibility index (Phi) is 5.77. The van der Waals surface area contributed by atoms with E-state index in [-0.39, 0.29) is 18.4 Å². The highest BCUT2D eigenvalue weighted by Gasteiger charge is 2.42. The van der Waals surface area contributed by atoms with E-state index in [9.17, 15) is 13.2 Å². The predicted molar refractivity (Wildman–Crippen MR) is 120 cm³/mol. The summed E-state index contributed by atoms with van der Waals surface area (Å²) in [6.07, 6.45) is 4.73. The summed E-state index contributed by atoms with van der Waals surface area (Å²) in [5.41, 5.74) is 1.02. The first-order chi connectivity index (χ1) is 15.4. The van der Waals surface area contributed by atoms with Crippen LogP contribution in [0.25, 0.3) is 10.9 Å². The van der Waals surface area contributed by atoms with E-state index in [1.807, 2.05) is 23.2 Å². The van der Waals surface area contributed by atoms with E-state index in [1.54, 1.807) is 12.1 Å². The van der Waals surface area contributed by atoms with Gasteiger partial charge in [0.25, 0.3) is 0 Å². The zero-order valence-electron chi connectivity index (χ0n) is 18.5. The monoisotopic (exact) mass is 461 g/mol. The number of fused-ring (bicyclic) bond motifs is 1. The number of sulfonamides is 1. The van der Waals surface area contributed by atoms with Gasteiger partial charge in [0.2, 0.25) is 15.9 Å². The number of carbonyl (C=O) groups excluding carboxylic acids is 1. The molecule has 1 spiro atoms. The lowest BCUT2D eigenvalue weighted by Gasteiger charge is -2.40. The minimum absolute atomic E-state index is 0.0493. The zero-order valence-corrected chi connectivity index (χ0v) is 19.3. The summed E-state index contributed by atoms with van der Waals surface area (Å²) in [7, 11) is -3.65. The molecule has 0 N–H and O–H groups in total. The van der Waals surface area contributed by atoms with E-state index in [4.69, 9.17) is 9.47 Å². The third kappa shape index (κ3) is 3.85. The third-order valence-corrected chi connectivity index (χ3v) is 8.97. The highest BCUT2D eigenvalue weighted by atomic mass is 32.2. The highest BCUT2D eigenvalue weighted by molar-refractivity contribution is 7.89. The van der Waals surface area contributed by atoms with E-state index in [2.05, 4.69) is 11.5 Å². The quantitative estimate of drug-likeness (QED) is 0.699. The number of likely N-dealkylation sites (tertiary alicyclic amines) is 1. The number of benzene rings is 1. The van der Waals surface area contributed by atoms with E-state index in [0.29, 0.717) is 57.0 Å².